The Bertz CT molecular complexity index is 1230. The summed E-state index contributed by atoms with van der Waals surface area (Å²) < 4.78 is 26.8. The van der Waals surface area contributed by atoms with Gasteiger partial charge in [0.15, 0.2) is 6.04 Å². The summed E-state index contributed by atoms with van der Waals surface area (Å²) in [6.45, 7) is 2.47. The molecule has 0 aliphatic carbocycles. The summed E-state index contributed by atoms with van der Waals surface area (Å²) in [5, 5.41) is 21.8. The minimum Gasteiger partial charge on any atom is -0.480 e. The lowest BCUT2D eigenvalue weighted by atomic mass is 10.0. The monoisotopic (exact) mass is 852 g/mol. The third-order valence-electron chi connectivity index (χ3n) is 9.57. The zero-order valence-electron chi connectivity index (χ0n) is 36.8. The smallest absolute Gasteiger partial charge is 0.472 e. The van der Waals surface area contributed by atoms with Gasteiger partial charge >= 0.3 is 19.8 Å². The van der Waals surface area contributed by atoms with Crippen LogP contribution < -0.4 is 5.32 Å². The van der Waals surface area contributed by atoms with Crippen LogP contribution in [0.5, 0.6) is 0 Å². The molecule has 0 aromatic heterocycles. The fraction of sp³-hybridized carbons (Fsp3) is 0.723. The van der Waals surface area contributed by atoms with Crippen LogP contribution in [0, 0.1) is 0 Å². The number of carboxylic acid groups (broad SMARTS) is 1. The van der Waals surface area contributed by atoms with E-state index in [1.54, 1.807) is 0 Å². The van der Waals surface area contributed by atoms with Crippen molar-refractivity contribution < 1.29 is 47.8 Å². The Balaban J connectivity index is 3.94. The maximum Gasteiger partial charge on any atom is 0.472 e. The summed E-state index contributed by atoms with van der Waals surface area (Å²) >= 11 is 0. The van der Waals surface area contributed by atoms with Crippen LogP contribution >= 0.6 is 7.82 Å². The number of carbonyl (C=O) groups is 3. The second kappa shape index (κ2) is 41.9. The average molecular weight is 852 g/mol. The van der Waals surface area contributed by atoms with E-state index in [9.17, 15) is 34.1 Å². The Morgan fingerprint density at radius 3 is 1.47 bits per heavy atom. The van der Waals surface area contributed by atoms with Crippen LogP contribution in [0.2, 0.25) is 0 Å². The molecule has 0 aliphatic heterocycles. The number of unbranched alkanes of at least 4 members (excludes halogenated alkanes) is 18. The average Bonchev–Trinajstić information content (AvgIpc) is 3.21. The van der Waals surface area contributed by atoms with Crippen molar-refractivity contribution in [3.63, 3.8) is 0 Å². The van der Waals surface area contributed by atoms with Gasteiger partial charge in [-0.15, -0.1) is 0 Å². The summed E-state index contributed by atoms with van der Waals surface area (Å²) in [5.74, 6) is -2.40. The van der Waals surface area contributed by atoms with Crippen LogP contribution in [0.1, 0.15) is 187 Å². The van der Waals surface area contributed by atoms with E-state index in [0.29, 0.717) is 12.8 Å². The van der Waals surface area contributed by atoms with Crippen molar-refractivity contribution in [2.45, 2.75) is 199 Å². The molecule has 0 spiro atoms. The SMILES string of the molecule is CC/C=C\C/C=C\C/C=C\C/C=C\C/C=C\CCCCCCCC(=O)NC(COP(=O)(O)OCC(O)COC(=O)CCCCCCCCCCCCCCCC)C(=O)O. The number of carboxylic acids is 1. The number of nitrogens with one attached hydrogen (secondary N) is 1. The molecule has 3 unspecified atom stereocenters. The maximum absolute atomic E-state index is 12.3. The molecule has 0 bridgehead atoms. The fourth-order valence-corrected chi connectivity index (χ4v) is 6.82. The minimum absolute atomic E-state index is 0.121. The van der Waals surface area contributed by atoms with E-state index >= 15 is 0 Å². The van der Waals surface area contributed by atoms with Gasteiger partial charge < -0.3 is 25.2 Å². The molecule has 12 heteroatoms. The molecular formula is C47H82NO10P. The van der Waals surface area contributed by atoms with E-state index in [1.165, 1.54) is 64.2 Å². The molecule has 4 N–H and O–H groups in total. The molecule has 0 saturated carbocycles. The summed E-state index contributed by atoms with van der Waals surface area (Å²) in [6.07, 6.45) is 48.1. The number of aliphatic hydroxyl groups excluding tert-OH is 1. The number of rotatable bonds is 42. The molecule has 340 valence electrons. The highest BCUT2D eigenvalue weighted by Crippen LogP contribution is 2.43. The molecule has 0 rings (SSSR count). The minimum atomic E-state index is -4.76. The van der Waals surface area contributed by atoms with Crippen LogP contribution in [0.15, 0.2) is 60.8 Å². The van der Waals surface area contributed by atoms with Gasteiger partial charge in [-0.1, -0.05) is 177 Å². The first kappa shape index (κ1) is 56.2. The number of hydrogen-bond acceptors (Lipinski definition) is 8. The Hall–Kier alpha value is -2.82. The van der Waals surface area contributed by atoms with Gasteiger partial charge in [0.1, 0.15) is 12.7 Å². The topological polar surface area (TPSA) is 169 Å². The van der Waals surface area contributed by atoms with Crippen molar-refractivity contribution in [1.29, 1.82) is 0 Å². The maximum atomic E-state index is 12.3. The van der Waals surface area contributed by atoms with Gasteiger partial charge in [0.05, 0.1) is 13.2 Å². The number of aliphatic hydroxyl groups is 1. The van der Waals surface area contributed by atoms with E-state index in [-0.39, 0.29) is 12.8 Å². The highest BCUT2D eigenvalue weighted by Gasteiger charge is 2.28. The first-order valence-electron chi connectivity index (χ1n) is 22.8. The van der Waals surface area contributed by atoms with E-state index in [4.69, 9.17) is 13.8 Å². The molecule has 11 nitrogen and oxygen atoms in total. The van der Waals surface area contributed by atoms with Gasteiger partial charge in [-0.2, -0.15) is 0 Å². The lowest BCUT2D eigenvalue weighted by molar-refractivity contribution is -0.147. The summed E-state index contributed by atoms with van der Waals surface area (Å²) in [4.78, 5) is 46.0. The summed E-state index contributed by atoms with van der Waals surface area (Å²) in [5.41, 5.74) is 0. The molecule has 0 radical (unpaired) electrons. The van der Waals surface area contributed by atoms with Crippen LogP contribution in [0.4, 0.5) is 0 Å². The predicted octanol–water partition coefficient (Wildman–Crippen LogP) is 11.9. The number of carbonyl (C=O) groups excluding carboxylic acids is 2. The summed E-state index contributed by atoms with van der Waals surface area (Å²) in [6, 6.07) is -1.56. The zero-order chi connectivity index (χ0) is 43.5. The predicted molar refractivity (Wildman–Crippen MR) is 240 cm³/mol. The molecule has 0 saturated heterocycles. The Morgan fingerprint density at radius 1 is 0.559 bits per heavy atom. The van der Waals surface area contributed by atoms with Crippen LogP contribution in [-0.2, 0) is 32.7 Å². The van der Waals surface area contributed by atoms with Crippen molar-refractivity contribution in [2.24, 2.45) is 0 Å². The molecule has 0 aliphatic rings. The Morgan fingerprint density at radius 2 is 0.983 bits per heavy atom. The van der Waals surface area contributed by atoms with E-state index in [0.717, 1.165) is 83.5 Å². The number of allylic oxidation sites excluding steroid dienone is 10. The van der Waals surface area contributed by atoms with E-state index < -0.39 is 57.6 Å². The standard InChI is InChI=1S/C47H82NO10P/c1-3-5-7-9-11-13-15-17-19-20-21-22-23-24-25-26-28-30-32-34-36-38-45(50)48-44(47(52)53)42-58-59(54,55)57-41-43(49)40-56-46(51)39-37-35-33-31-29-27-18-16-14-12-10-8-6-4-2/h5,7,11,13,17,19,21-22,24-25,43-44,49H,3-4,6,8-10,12,14-16,18,20,23,26-42H2,1-2H3,(H,48,50)(H,52,53)(H,54,55)/b7-5-,13-11-,19-17-,22-21-,25-24-. The lowest BCUT2D eigenvalue weighted by Gasteiger charge is -2.18. The Labute approximate surface area is 357 Å². The molecule has 0 aromatic carbocycles. The fourth-order valence-electron chi connectivity index (χ4n) is 6.05. The van der Waals surface area contributed by atoms with Gasteiger partial charge in [-0.3, -0.25) is 18.6 Å². The van der Waals surface area contributed by atoms with Gasteiger partial charge in [0.2, 0.25) is 5.91 Å². The van der Waals surface area contributed by atoms with Crippen molar-refractivity contribution in [3.05, 3.63) is 60.8 Å². The van der Waals surface area contributed by atoms with Gasteiger partial charge in [0.25, 0.3) is 0 Å². The van der Waals surface area contributed by atoms with Gasteiger partial charge in [0, 0.05) is 12.8 Å². The molecule has 0 heterocycles. The highest BCUT2D eigenvalue weighted by molar-refractivity contribution is 7.47. The number of phosphoric ester groups is 1. The van der Waals surface area contributed by atoms with E-state index in [2.05, 4.69) is 79.9 Å². The van der Waals surface area contributed by atoms with Crippen LogP contribution in [0.25, 0.3) is 0 Å². The first-order chi connectivity index (χ1) is 28.6. The van der Waals surface area contributed by atoms with Crippen molar-refractivity contribution in [3.8, 4) is 0 Å². The lowest BCUT2D eigenvalue weighted by Crippen LogP contribution is -2.43. The number of aliphatic carboxylic acids is 1. The number of phosphoric acid groups is 1. The number of esters is 1. The second-order valence-electron chi connectivity index (χ2n) is 15.2. The van der Waals surface area contributed by atoms with Crippen molar-refractivity contribution in [2.75, 3.05) is 19.8 Å². The molecule has 0 fully saturated rings. The second-order valence-corrected chi connectivity index (χ2v) is 16.7. The quantitative estimate of drug-likeness (QED) is 0.0201. The first-order valence-corrected chi connectivity index (χ1v) is 24.3. The molecule has 0 aromatic rings. The van der Waals surface area contributed by atoms with Crippen LogP contribution in [0.3, 0.4) is 0 Å². The summed E-state index contributed by atoms with van der Waals surface area (Å²) in [7, 11) is -4.76. The highest BCUT2D eigenvalue weighted by atomic mass is 31.2. The van der Waals surface area contributed by atoms with E-state index in [1.807, 2.05) is 0 Å². The molecule has 1 amide bonds. The zero-order valence-corrected chi connectivity index (χ0v) is 37.7. The van der Waals surface area contributed by atoms with Crippen LogP contribution in [-0.4, -0.2) is 64.9 Å². The normalized spacial score (nSPS) is 14.2. The largest absolute Gasteiger partial charge is 0.480 e. The number of amides is 1. The molecule has 3 atom stereocenters. The number of hydrogen-bond donors (Lipinski definition) is 4. The van der Waals surface area contributed by atoms with Gasteiger partial charge in [-0.25, -0.2) is 9.36 Å². The molecule has 59 heavy (non-hydrogen) atoms. The number of ether oxygens (including phenoxy) is 1. The van der Waals surface area contributed by atoms with Gasteiger partial charge in [-0.05, 0) is 57.8 Å². The third kappa shape index (κ3) is 41.7. The third-order valence-corrected chi connectivity index (χ3v) is 10.5. The van der Waals surface area contributed by atoms with Crippen molar-refractivity contribution >= 4 is 25.7 Å². The molecular weight excluding hydrogens is 769 g/mol. The van der Waals surface area contributed by atoms with Crippen molar-refractivity contribution in [1.82, 2.24) is 5.32 Å². The Kier molecular flexibility index (Phi) is 39.9.